The fourth-order valence-electron chi connectivity index (χ4n) is 2.76. The summed E-state index contributed by atoms with van der Waals surface area (Å²) >= 11 is 6.02. The minimum absolute atomic E-state index is 0.133. The fourth-order valence-corrected chi connectivity index (χ4v) is 2.95. The van der Waals surface area contributed by atoms with Crippen LogP contribution in [0, 0.1) is 5.82 Å². The third-order valence-electron chi connectivity index (χ3n) is 4.60. The second-order valence-corrected chi connectivity index (χ2v) is 7.22. The van der Waals surface area contributed by atoms with Crippen LogP contribution in [0.4, 0.5) is 4.39 Å². The molecule has 1 amide bonds. The monoisotopic (exact) mass is 430 g/mol. The van der Waals surface area contributed by atoms with Gasteiger partial charge in [-0.05, 0) is 37.6 Å². The molecule has 0 saturated carbocycles. The summed E-state index contributed by atoms with van der Waals surface area (Å²) in [5, 5.41) is 7.02. The van der Waals surface area contributed by atoms with Crippen molar-refractivity contribution < 1.29 is 9.18 Å². The summed E-state index contributed by atoms with van der Waals surface area (Å²) in [7, 11) is 0. The molecule has 0 saturated heterocycles. The molecule has 30 heavy (non-hydrogen) atoms. The Kier molecular flexibility index (Phi) is 6.47. The van der Waals surface area contributed by atoms with Gasteiger partial charge < -0.3 is 5.32 Å². The summed E-state index contributed by atoms with van der Waals surface area (Å²) in [6.45, 7) is 3.31. The number of halogens is 2. The Balaban J connectivity index is 2.22. The van der Waals surface area contributed by atoms with Gasteiger partial charge in [-0.3, -0.25) is 14.2 Å². The maximum Gasteiger partial charge on any atom is 0.352 e. The first-order chi connectivity index (χ1) is 14.3. The second kappa shape index (κ2) is 9.04. The first-order valence-electron chi connectivity index (χ1n) is 9.36. The number of hydrogen-bond donors (Lipinski definition) is 1. The molecule has 0 bridgehead atoms. The molecule has 0 aliphatic rings. The van der Waals surface area contributed by atoms with Crippen LogP contribution in [-0.4, -0.2) is 26.3 Å². The number of nitrogens with one attached hydrogen (secondary N) is 1. The lowest BCUT2D eigenvalue weighted by molar-refractivity contribution is 0.0929. The van der Waals surface area contributed by atoms with E-state index in [0.29, 0.717) is 11.4 Å². The Labute approximate surface area is 176 Å². The van der Waals surface area contributed by atoms with Gasteiger partial charge in [0, 0.05) is 16.6 Å². The van der Waals surface area contributed by atoms with Gasteiger partial charge in [-0.2, -0.15) is 9.78 Å². The number of aromatic nitrogens is 3. The van der Waals surface area contributed by atoms with Crippen LogP contribution in [-0.2, 0) is 6.54 Å². The van der Waals surface area contributed by atoms with E-state index in [1.807, 2.05) is 6.92 Å². The number of carbonyl (C=O) groups excluding carboxylic acids is 1. The number of nitrogens with zero attached hydrogens (tertiary/aromatic N) is 3. The summed E-state index contributed by atoms with van der Waals surface area (Å²) in [6.07, 6.45) is 0.642. The van der Waals surface area contributed by atoms with Crippen molar-refractivity contribution in [2.24, 2.45) is 0 Å². The maximum absolute atomic E-state index is 14.2. The Morgan fingerprint density at radius 1 is 1.20 bits per heavy atom. The van der Waals surface area contributed by atoms with Gasteiger partial charge in [-0.15, -0.1) is 0 Å². The first kappa shape index (κ1) is 21.4. The van der Waals surface area contributed by atoms with Gasteiger partial charge in [0.1, 0.15) is 5.82 Å². The molecule has 156 valence electrons. The Morgan fingerprint density at radius 3 is 2.60 bits per heavy atom. The van der Waals surface area contributed by atoms with E-state index < -0.39 is 28.7 Å². The number of benzene rings is 2. The Bertz CT molecular complexity index is 1210. The van der Waals surface area contributed by atoms with Crippen molar-refractivity contribution in [3.05, 3.63) is 91.5 Å². The smallest absolute Gasteiger partial charge is 0.348 e. The molecule has 0 unspecified atom stereocenters. The lowest BCUT2D eigenvalue weighted by atomic mass is 10.2. The Hall–Kier alpha value is -3.26. The van der Waals surface area contributed by atoms with Crippen molar-refractivity contribution in [3.63, 3.8) is 0 Å². The van der Waals surface area contributed by atoms with E-state index in [-0.39, 0.29) is 23.8 Å². The van der Waals surface area contributed by atoms with E-state index >= 15 is 0 Å². The summed E-state index contributed by atoms with van der Waals surface area (Å²) in [4.78, 5) is 38.6. The maximum atomic E-state index is 14.2. The summed E-state index contributed by atoms with van der Waals surface area (Å²) in [6, 6.07) is 11.8. The van der Waals surface area contributed by atoms with Crippen LogP contribution in [0.25, 0.3) is 5.69 Å². The van der Waals surface area contributed by atoms with Gasteiger partial charge in [-0.1, -0.05) is 42.8 Å². The zero-order valence-corrected chi connectivity index (χ0v) is 17.2. The van der Waals surface area contributed by atoms with Gasteiger partial charge in [0.2, 0.25) is 5.69 Å². The molecule has 1 heterocycles. The first-order valence-corrected chi connectivity index (χ1v) is 9.74. The van der Waals surface area contributed by atoms with Crippen LogP contribution in [0.5, 0.6) is 0 Å². The van der Waals surface area contributed by atoms with Crippen molar-refractivity contribution >= 4 is 17.5 Å². The summed E-state index contributed by atoms with van der Waals surface area (Å²) < 4.78 is 15.9. The van der Waals surface area contributed by atoms with Gasteiger partial charge in [-0.25, -0.2) is 9.18 Å². The lowest BCUT2D eigenvalue weighted by Crippen LogP contribution is -2.47. The van der Waals surface area contributed by atoms with Crippen molar-refractivity contribution in [2.75, 3.05) is 0 Å². The van der Waals surface area contributed by atoms with Crippen LogP contribution < -0.4 is 16.6 Å². The number of amides is 1. The largest absolute Gasteiger partial charge is 0.352 e. The van der Waals surface area contributed by atoms with E-state index in [4.69, 9.17) is 11.6 Å². The predicted molar refractivity (Wildman–Crippen MR) is 112 cm³/mol. The molecule has 2 aromatic carbocycles. The van der Waals surface area contributed by atoms with Gasteiger partial charge in [0.15, 0.2) is 0 Å². The topological polar surface area (TPSA) is 86.0 Å². The standard InChI is InChI=1S/C21H20ClFN4O3/c1-3-13(2)24-19(28)18-20(29)26(12-14-7-4-5-10-17(14)23)21(30)27(25-18)16-9-6-8-15(22)11-16/h4-11,13H,3,12H2,1-2H3,(H,24,28)/t13-/m1/s1. The van der Waals surface area contributed by atoms with E-state index in [2.05, 4.69) is 10.4 Å². The minimum Gasteiger partial charge on any atom is -0.348 e. The normalized spacial score (nSPS) is 11.9. The average molecular weight is 431 g/mol. The zero-order chi connectivity index (χ0) is 21.8. The van der Waals surface area contributed by atoms with Gasteiger partial charge in [0.05, 0.1) is 12.2 Å². The zero-order valence-electron chi connectivity index (χ0n) is 16.4. The molecular weight excluding hydrogens is 411 g/mol. The van der Waals surface area contributed by atoms with Crippen LogP contribution in [0.15, 0.2) is 58.1 Å². The van der Waals surface area contributed by atoms with Crippen molar-refractivity contribution in [3.8, 4) is 5.69 Å². The molecule has 0 fully saturated rings. The molecule has 9 heteroatoms. The van der Waals surface area contributed by atoms with Gasteiger partial charge >= 0.3 is 5.69 Å². The van der Waals surface area contributed by atoms with Gasteiger partial charge in [0.25, 0.3) is 11.5 Å². The van der Waals surface area contributed by atoms with Crippen molar-refractivity contribution in [1.82, 2.24) is 19.7 Å². The van der Waals surface area contributed by atoms with E-state index in [1.54, 1.807) is 31.2 Å². The molecule has 0 aliphatic carbocycles. The summed E-state index contributed by atoms with van der Waals surface area (Å²) in [5.41, 5.74) is -1.78. The highest BCUT2D eigenvalue weighted by Crippen LogP contribution is 2.13. The Morgan fingerprint density at radius 2 is 1.93 bits per heavy atom. The molecule has 0 radical (unpaired) electrons. The molecule has 0 spiro atoms. The highest BCUT2D eigenvalue weighted by molar-refractivity contribution is 6.30. The fraction of sp³-hybridized carbons (Fsp3) is 0.238. The average Bonchev–Trinajstić information content (AvgIpc) is 2.72. The van der Waals surface area contributed by atoms with Crippen molar-refractivity contribution in [2.45, 2.75) is 32.9 Å². The molecule has 1 N–H and O–H groups in total. The van der Waals surface area contributed by atoms with E-state index in [0.717, 1.165) is 9.25 Å². The summed E-state index contributed by atoms with van der Waals surface area (Å²) in [5.74, 6) is -1.28. The number of rotatable bonds is 6. The molecule has 1 aromatic heterocycles. The third-order valence-corrected chi connectivity index (χ3v) is 4.84. The van der Waals surface area contributed by atoms with Crippen LogP contribution in [0.3, 0.4) is 0 Å². The van der Waals surface area contributed by atoms with Crippen LogP contribution in [0.2, 0.25) is 5.02 Å². The lowest BCUT2D eigenvalue weighted by Gasteiger charge is -2.14. The van der Waals surface area contributed by atoms with Crippen LogP contribution in [0.1, 0.15) is 36.3 Å². The molecule has 1 atom stereocenters. The quantitative estimate of drug-likeness (QED) is 0.651. The molecule has 0 aliphatic heterocycles. The minimum atomic E-state index is -0.901. The number of carbonyl (C=O) groups is 1. The van der Waals surface area contributed by atoms with E-state index in [1.165, 1.54) is 24.3 Å². The third kappa shape index (κ3) is 4.49. The molecule has 3 aromatic rings. The number of hydrogen-bond acceptors (Lipinski definition) is 4. The molecule has 3 rings (SSSR count). The second-order valence-electron chi connectivity index (χ2n) is 6.79. The van der Waals surface area contributed by atoms with E-state index in [9.17, 15) is 18.8 Å². The highest BCUT2D eigenvalue weighted by Gasteiger charge is 2.22. The van der Waals surface area contributed by atoms with Crippen LogP contribution >= 0.6 is 11.6 Å². The molecular formula is C21H20ClFN4O3. The predicted octanol–water partition coefficient (Wildman–Crippen LogP) is 2.76. The van der Waals surface area contributed by atoms with Crippen molar-refractivity contribution in [1.29, 1.82) is 0 Å². The SMILES string of the molecule is CC[C@@H](C)NC(=O)c1nn(-c2cccc(Cl)c2)c(=O)n(Cc2ccccc2F)c1=O. The highest BCUT2D eigenvalue weighted by atomic mass is 35.5. The molecule has 7 nitrogen and oxygen atoms in total.